The van der Waals surface area contributed by atoms with Crippen molar-refractivity contribution in [3.05, 3.63) is 0 Å². The Bertz CT molecular complexity index is 382. The summed E-state index contributed by atoms with van der Waals surface area (Å²) < 4.78 is 14.6. The lowest BCUT2D eigenvalue weighted by Crippen LogP contribution is -2.42. The molecule has 0 radical (unpaired) electrons. The van der Waals surface area contributed by atoms with Crippen LogP contribution in [-0.4, -0.2) is 28.1 Å². The summed E-state index contributed by atoms with van der Waals surface area (Å²) in [5, 5.41) is 20.7. The third-order valence-corrected chi connectivity index (χ3v) is 7.39. The van der Waals surface area contributed by atoms with Gasteiger partial charge in [0.15, 0.2) is 0 Å². The van der Waals surface area contributed by atoms with Crippen LogP contribution in [0.25, 0.3) is 0 Å². The maximum absolute atomic E-state index is 14.6. The summed E-state index contributed by atoms with van der Waals surface area (Å²) in [5.74, 6) is 1.24. The Labute approximate surface area is 141 Å². The fraction of sp³-hybridized carbons (Fsp3) is 1.00. The minimum Gasteiger partial charge on any atom is -0.393 e. The Morgan fingerprint density at radius 1 is 1.22 bits per heavy atom. The minimum atomic E-state index is -0.925. The standard InChI is InChI=1S/C20H37FO2/c1-5-20(23,6-2)13-15(21)12-14(3)16-9-10-17-18(22)8-7-11-19(16,17)4/h14-18,22-23H,5-13H2,1-4H3/t14-,15-,16-,17+,18+,19-/m1/s1. The maximum atomic E-state index is 14.6. The van der Waals surface area contributed by atoms with E-state index in [0.29, 0.717) is 37.0 Å². The van der Waals surface area contributed by atoms with Gasteiger partial charge < -0.3 is 10.2 Å². The first-order valence-corrected chi connectivity index (χ1v) is 9.80. The summed E-state index contributed by atoms with van der Waals surface area (Å²) in [6, 6.07) is 0. The highest BCUT2D eigenvalue weighted by Gasteiger charge is 2.52. The molecule has 23 heavy (non-hydrogen) atoms. The van der Waals surface area contributed by atoms with E-state index in [2.05, 4.69) is 13.8 Å². The fourth-order valence-corrected chi connectivity index (χ4v) is 5.73. The first-order valence-electron chi connectivity index (χ1n) is 9.80. The van der Waals surface area contributed by atoms with E-state index in [1.54, 1.807) is 0 Å². The highest BCUT2D eigenvalue weighted by Crippen LogP contribution is 2.58. The fourth-order valence-electron chi connectivity index (χ4n) is 5.73. The van der Waals surface area contributed by atoms with E-state index in [4.69, 9.17) is 0 Å². The number of alkyl halides is 1. The zero-order chi connectivity index (χ0) is 17.3. The van der Waals surface area contributed by atoms with E-state index in [0.717, 1.165) is 25.7 Å². The van der Waals surface area contributed by atoms with Crippen LogP contribution in [0.4, 0.5) is 4.39 Å². The molecule has 0 aromatic carbocycles. The third-order valence-electron chi connectivity index (χ3n) is 7.39. The van der Waals surface area contributed by atoms with Crippen LogP contribution in [0.3, 0.4) is 0 Å². The molecule has 6 atom stereocenters. The molecule has 136 valence electrons. The van der Waals surface area contributed by atoms with E-state index in [1.165, 1.54) is 6.42 Å². The molecule has 2 aliphatic carbocycles. The highest BCUT2D eigenvalue weighted by molar-refractivity contribution is 5.02. The van der Waals surface area contributed by atoms with E-state index in [1.807, 2.05) is 13.8 Å². The molecule has 0 unspecified atom stereocenters. The molecule has 2 aliphatic rings. The van der Waals surface area contributed by atoms with Crippen molar-refractivity contribution in [3.63, 3.8) is 0 Å². The molecule has 2 fully saturated rings. The summed E-state index contributed by atoms with van der Waals surface area (Å²) in [6.45, 7) is 8.38. The Kier molecular flexibility index (Phi) is 6.16. The van der Waals surface area contributed by atoms with Gasteiger partial charge in [-0.25, -0.2) is 4.39 Å². The number of hydrogen-bond acceptors (Lipinski definition) is 2. The van der Waals surface area contributed by atoms with Crippen molar-refractivity contribution < 1.29 is 14.6 Å². The molecule has 3 heteroatoms. The number of fused-ring (bicyclic) bond motifs is 1. The van der Waals surface area contributed by atoms with E-state index < -0.39 is 11.8 Å². The van der Waals surface area contributed by atoms with Crippen LogP contribution in [0.1, 0.15) is 85.5 Å². The molecule has 0 aliphatic heterocycles. The first-order chi connectivity index (χ1) is 10.8. The van der Waals surface area contributed by atoms with Gasteiger partial charge >= 0.3 is 0 Å². The largest absolute Gasteiger partial charge is 0.393 e. The van der Waals surface area contributed by atoms with Gasteiger partial charge in [0.2, 0.25) is 0 Å². The number of aliphatic hydroxyl groups excluding tert-OH is 1. The molecule has 0 amide bonds. The van der Waals surface area contributed by atoms with E-state index in [-0.39, 0.29) is 17.9 Å². The van der Waals surface area contributed by atoms with Gasteiger partial charge in [-0.1, -0.05) is 34.1 Å². The van der Waals surface area contributed by atoms with Gasteiger partial charge in [-0.2, -0.15) is 0 Å². The van der Waals surface area contributed by atoms with Crippen LogP contribution in [0.15, 0.2) is 0 Å². The summed E-state index contributed by atoms with van der Waals surface area (Å²) >= 11 is 0. The van der Waals surface area contributed by atoms with E-state index in [9.17, 15) is 14.6 Å². The van der Waals surface area contributed by atoms with Crippen LogP contribution < -0.4 is 0 Å². The van der Waals surface area contributed by atoms with Crippen LogP contribution in [0, 0.1) is 23.2 Å². The Balaban J connectivity index is 1.97. The van der Waals surface area contributed by atoms with Gasteiger partial charge in [-0.3, -0.25) is 0 Å². The molecular weight excluding hydrogens is 291 g/mol. The van der Waals surface area contributed by atoms with Crippen molar-refractivity contribution >= 4 is 0 Å². The Hall–Kier alpha value is -0.150. The number of hydrogen-bond donors (Lipinski definition) is 2. The first kappa shape index (κ1) is 19.2. The van der Waals surface area contributed by atoms with Gasteiger partial charge in [0.05, 0.1) is 11.7 Å². The lowest BCUT2D eigenvalue weighted by molar-refractivity contribution is -0.0341. The lowest BCUT2D eigenvalue weighted by Gasteiger charge is -2.45. The Morgan fingerprint density at radius 2 is 1.87 bits per heavy atom. The quantitative estimate of drug-likeness (QED) is 0.700. The van der Waals surface area contributed by atoms with Crippen LogP contribution in [-0.2, 0) is 0 Å². The second-order valence-electron chi connectivity index (χ2n) is 8.70. The van der Waals surface area contributed by atoms with Crippen LogP contribution in [0.2, 0.25) is 0 Å². The van der Waals surface area contributed by atoms with Crippen molar-refractivity contribution in [3.8, 4) is 0 Å². The summed E-state index contributed by atoms with van der Waals surface area (Å²) in [5.41, 5.74) is -0.662. The van der Waals surface area contributed by atoms with Crippen molar-refractivity contribution in [1.29, 1.82) is 0 Å². The minimum absolute atomic E-state index is 0.155. The van der Waals surface area contributed by atoms with Gasteiger partial charge in [-0.05, 0) is 68.1 Å². The van der Waals surface area contributed by atoms with Crippen LogP contribution >= 0.6 is 0 Å². The smallest absolute Gasteiger partial charge is 0.103 e. The van der Waals surface area contributed by atoms with Gasteiger partial charge in [0, 0.05) is 6.42 Å². The molecule has 2 rings (SSSR count). The predicted octanol–water partition coefficient (Wildman–Crippen LogP) is 4.87. The summed E-state index contributed by atoms with van der Waals surface area (Å²) in [7, 11) is 0. The molecule has 0 spiro atoms. The molecule has 0 saturated heterocycles. The molecule has 2 N–H and O–H groups in total. The molecule has 2 saturated carbocycles. The predicted molar refractivity (Wildman–Crippen MR) is 93.0 cm³/mol. The van der Waals surface area contributed by atoms with E-state index >= 15 is 0 Å². The second-order valence-corrected chi connectivity index (χ2v) is 8.70. The average molecular weight is 329 g/mol. The topological polar surface area (TPSA) is 40.5 Å². The Morgan fingerprint density at radius 3 is 2.48 bits per heavy atom. The van der Waals surface area contributed by atoms with Crippen molar-refractivity contribution in [2.24, 2.45) is 23.2 Å². The van der Waals surface area contributed by atoms with Crippen molar-refractivity contribution in [2.45, 2.75) is 103 Å². The monoisotopic (exact) mass is 328 g/mol. The average Bonchev–Trinajstić information content (AvgIpc) is 2.85. The normalized spacial score (nSPS) is 37.4. The summed E-state index contributed by atoms with van der Waals surface area (Å²) in [4.78, 5) is 0. The molecular formula is C20H37FO2. The second kappa shape index (κ2) is 7.39. The zero-order valence-electron chi connectivity index (χ0n) is 15.5. The molecule has 2 nitrogen and oxygen atoms in total. The molecule has 0 aromatic rings. The summed E-state index contributed by atoms with van der Waals surface area (Å²) in [6.07, 6.45) is 6.40. The highest BCUT2D eigenvalue weighted by atomic mass is 19.1. The van der Waals surface area contributed by atoms with Gasteiger partial charge in [-0.15, -0.1) is 0 Å². The van der Waals surface area contributed by atoms with Crippen molar-refractivity contribution in [1.82, 2.24) is 0 Å². The molecule has 0 heterocycles. The third kappa shape index (κ3) is 3.92. The number of aliphatic hydroxyl groups is 2. The van der Waals surface area contributed by atoms with Crippen molar-refractivity contribution in [2.75, 3.05) is 0 Å². The SMILES string of the molecule is CCC(O)(CC)C[C@H](F)C[C@@H](C)[C@H]1CC[C@H]2[C@@H](O)CCC[C@]12C. The molecule has 0 aromatic heterocycles. The molecule has 0 bridgehead atoms. The number of halogens is 1. The van der Waals surface area contributed by atoms with Crippen LogP contribution in [0.5, 0.6) is 0 Å². The van der Waals surface area contributed by atoms with Gasteiger partial charge in [0.1, 0.15) is 6.17 Å². The lowest BCUT2D eigenvalue weighted by atomic mass is 9.61. The maximum Gasteiger partial charge on any atom is 0.103 e. The zero-order valence-corrected chi connectivity index (χ0v) is 15.5. The number of rotatable bonds is 7. The van der Waals surface area contributed by atoms with Gasteiger partial charge in [0.25, 0.3) is 0 Å².